The van der Waals surface area contributed by atoms with Crippen LogP contribution in [-0.4, -0.2) is 39.5 Å². The van der Waals surface area contributed by atoms with Gasteiger partial charge in [-0.15, -0.1) is 24.5 Å². The molecule has 0 N–H and O–H groups in total. The van der Waals surface area contributed by atoms with E-state index < -0.39 is 0 Å². The summed E-state index contributed by atoms with van der Waals surface area (Å²) in [6, 6.07) is 12.5. The number of ether oxygens (including phenoxy) is 2. The van der Waals surface area contributed by atoms with E-state index in [1.165, 1.54) is 47.9 Å². The van der Waals surface area contributed by atoms with Gasteiger partial charge >= 0.3 is 26.2 Å². The summed E-state index contributed by atoms with van der Waals surface area (Å²) in [4.78, 5) is 0. The summed E-state index contributed by atoms with van der Waals surface area (Å²) in [6.07, 6.45) is 5.11. The van der Waals surface area contributed by atoms with Crippen LogP contribution in [0.15, 0.2) is 36.4 Å². The van der Waals surface area contributed by atoms with Gasteiger partial charge in [0.1, 0.15) is 0 Å². The van der Waals surface area contributed by atoms with E-state index in [1.54, 1.807) is 0 Å². The van der Waals surface area contributed by atoms with E-state index in [2.05, 4.69) is 88.6 Å². The quantitative estimate of drug-likeness (QED) is 0.567. The van der Waals surface area contributed by atoms with Crippen molar-refractivity contribution in [3.63, 3.8) is 0 Å². The Labute approximate surface area is 231 Å². The van der Waals surface area contributed by atoms with Crippen LogP contribution < -0.4 is 9.41 Å². The van der Waals surface area contributed by atoms with Crippen LogP contribution in [0.3, 0.4) is 0 Å². The molecule has 2 fully saturated rings. The van der Waals surface area contributed by atoms with Crippen LogP contribution in [0.5, 0.6) is 0 Å². The fourth-order valence-corrected chi connectivity index (χ4v) is 3.18. The molecule has 4 rings (SSSR count). The molecule has 0 spiro atoms. The molecule has 0 bridgehead atoms. The van der Waals surface area contributed by atoms with Gasteiger partial charge in [-0.2, -0.15) is 0 Å². The largest absolute Gasteiger partial charge is 4.00 e. The van der Waals surface area contributed by atoms with Crippen LogP contribution in [0.4, 0.5) is 11.4 Å². The van der Waals surface area contributed by atoms with Gasteiger partial charge in [-0.05, 0) is 64.5 Å². The minimum Gasteiger partial charge on any atom is -1.00 e. The fraction of sp³-hybridized carbons (Fsp3) is 0.571. The van der Waals surface area contributed by atoms with Gasteiger partial charge in [0.2, 0.25) is 0 Å². The zero-order chi connectivity index (χ0) is 23.6. The average molecular weight is 570 g/mol. The van der Waals surface area contributed by atoms with Gasteiger partial charge in [-0.25, -0.2) is 0 Å². The van der Waals surface area contributed by atoms with Crippen molar-refractivity contribution < 1.29 is 45.1 Å². The maximum Gasteiger partial charge on any atom is 4.00 e. The van der Waals surface area contributed by atoms with Crippen molar-refractivity contribution in [2.24, 2.45) is 0 Å². The minimum atomic E-state index is 0. The Kier molecular flexibility index (Phi) is 26.7. The molecular weight excluding hydrogens is 526 g/mol. The Balaban J connectivity index is -0.000000400. The fourth-order valence-electron chi connectivity index (χ4n) is 3.18. The average Bonchev–Trinajstić information content (AvgIpc) is 3.55. The predicted octanol–water partition coefficient (Wildman–Crippen LogP) is 2.26. The molecule has 4 nitrogen and oxygen atoms in total. The number of hydrogen-bond donors (Lipinski definition) is 0. The first kappa shape index (κ1) is 38.2. The second kappa shape index (κ2) is 24.4. The van der Waals surface area contributed by atoms with Crippen LogP contribution in [0, 0.1) is 27.7 Å². The SMILES string of the molecule is C1CCOC1.C1CCOC1.CC[N-]c1cccc(C)c1C.CC[N-]c1cccc(C)c1C.[F-].[F-].[Zr+4]. The molecule has 0 aliphatic carbocycles. The molecule has 2 aromatic carbocycles. The van der Waals surface area contributed by atoms with E-state index in [1.807, 2.05) is 0 Å². The summed E-state index contributed by atoms with van der Waals surface area (Å²) in [5.74, 6) is 0. The molecule has 0 aromatic heterocycles. The zero-order valence-corrected chi connectivity index (χ0v) is 25.0. The van der Waals surface area contributed by atoms with Crippen molar-refractivity contribution >= 4 is 11.4 Å². The van der Waals surface area contributed by atoms with Crippen molar-refractivity contribution in [3.05, 3.63) is 69.3 Å². The van der Waals surface area contributed by atoms with E-state index in [0.717, 1.165) is 50.9 Å². The first-order valence-corrected chi connectivity index (χ1v) is 12.1. The Bertz CT molecular complexity index is 677. The Morgan fingerprint density at radius 2 is 0.914 bits per heavy atom. The summed E-state index contributed by atoms with van der Waals surface area (Å²) in [5, 5.41) is 8.73. The van der Waals surface area contributed by atoms with Crippen molar-refractivity contribution in [2.45, 2.75) is 67.2 Å². The van der Waals surface area contributed by atoms with E-state index >= 15 is 0 Å². The normalized spacial score (nSPS) is 13.0. The van der Waals surface area contributed by atoms with Gasteiger partial charge in [0.25, 0.3) is 0 Å². The second-order valence-corrected chi connectivity index (χ2v) is 8.03. The first-order valence-electron chi connectivity index (χ1n) is 12.1. The molecule has 2 heterocycles. The van der Waals surface area contributed by atoms with Gasteiger partial charge < -0.3 is 29.5 Å². The third-order valence-electron chi connectivity index (χ3n) is 5.46. The summed E-state index contributed by atoms with van der Waals surface area (Å²) >= 11 is 0. The molecule has 2 aliphatic rings. The van der Waals surface area contributed by atoms with Gasteiger partial charge in [-0.3, -0.25) is 0 Å². The van der Waals surface area contributed by atoms with Crippen LogP contribution in [0.1, 0.15) is 61.8 Å². The summed E-state index contributed by atoms with van der Waals surface area (Å²) in [7, 11) is 0. The predicted molar refractivity (Wildman–Crippen MR) is 139 cm³/mol. The number of hydrogen-bond acceptors (Lipinski definition) is 2. The monoisotopic (exact) mass is 568 g/mol. The molecule has 0 radical (unpaired) electrons. The van der Waals surface area contributed by atoms with Crippen LogP contribution in [0.25, 0.3) is 10.6 Å². The molecule has 0 atom stereocenters. The third-order valence-corrected chi connectivity index (χ3v) is 5.46. The number of nitrogens with zero attached hydrogens (tertiary/aromatic N) is 2. The number of halogens is 2. The van der Waals surface area contributed by atoms with Crippen molar-refractivity contribution in [3.8, 4) is 0 Å². The Morgan fingerprint density at radius 3 is 1.14 bits per heavy atom. The van der Waals surface area contributed by atoms with Crippen molar-refractivity contribution in [1.82, 2.24) is 0 Å². The van der Waals surface area contributed by atoms with Crippen molar-refractivity contribution in [2.75, 3.05) is 39.5 Å². The van der Waals surface area contributed by atoms with E-state index in [4.69, 9.17) is 9.47 Å². The maximum atomic E-state index is 4.94. The number of aryl methyl sites for hydroxylation is 2. The maximum absolute atomic E-state index is 4.94. The van der Waals surface area contributed by atoms with E-state index in [9.17, 15) is 0 Å². The zero-order valence-electron chi connectivity index (χ0n) is 22.5. The summed E-state index contributed by atoms with van der Waals surface area (Å²) in [5.41, 5.74) is 7.50. The van der Waals surface area contributed by atoms with Crippen molar-refractivity contribution in [1.29, 1.82) is 0 Å². The Morgan fingerprint density at radius 1 is 0.600 bits per heavy atom. The summed E-state index contributed by atoms with van der Waals surface area (Å²) in [6.45, 7) is 18.3. The molecule has 7 heteroatoms. The topological polar surface area (TPSA) is 46.7 Å². The van der Waals surface area contributed by atoms with Gasteiger partial charge in [0, 0.05) is 26.4 Å². The van der Waals surface area contributed by atoms with E-state index in [0.29, 0.717) is 0 Å². The molecule has 0 unspecified atom stereocenters. The van der Waals surface area contributed by atoms with E-state index in [-0.39, 0.29) is 35.6 Å². The minimum absolute atomic E-state index is 0. The first-order chi connectivity index (χ1) is 15.5. The molecule has 35 heavy (non-hydrogen) atoms. The smallest absolute Gasteiger partial charge is 1.00 e. The van der Waals surface area contributed by atoms with Gasteiger partial charge in [0.15, 0.2) is 0 Å². The molecule has 0 saturated carbocycles. The van der Waals surface area contributed by atoms with Gasteiger partial charge in [-0.1, -0.05) is 61.4 Å². The molecular formula is C28H44F2N2O2Zr. The Hall–Kier alpha value is -1.30. The third kappa shape index (κ3) is 16.9. The molecule has 196 valence electrons. The van der Waals surface area contributed by atoms with Crippen LogP contribution >= 0.6 is 0 Å². The molecule has 0 amide bonds. The summed E-state index contributed by atoms with van der Waals surface area (Å²) < 4.78 is 9.89. The molecule has 2 saturated heterocycles. The number of rotatable bonds is 4. The standard InChI is InChI=1S/2C10H14N.2C4H8O.2FH.Zr/c2*1-4-11-10-7-5-6-8(2)9(10)3;2*1-2-4-5-3-1;;;/h2*5-7H,4H2,1-3H3;2*1-4H2;2*1H;/q2*-1;;;;;+4/p-2. The molecule has 2 aliphatic heterocycles. The van der Waals surface area contributed by atoms with Gasteiger partial charge in [0.05, 0.1) is 0 Å². The van der Waals surface area contributed by atoms with Crippen LogP contribution in [0.2, 0.25) is 0 Å². The second-order valence-electron chi connectivity index (χ2n) is 8.03. The molecule has 2 aromatic rings. The number of benzene rings is 2. The van der Waals surface area contributed by atoms with Crippen LogP contribution in [-0.2, 0) is 35.7 Å².